The SMILES string of the molecule is CCC(C)(C)c1cc(C(C)(C)CC)c(OC)c(C=CC(=O)c2ccc(NC)cc2)c1O. The van der Waals surface area contributed by atoms with Gasteiger partial charge in [-0.15, -0.1) is 0 Å². The van der Waals surface area contributed by atoms with Crippen LogP contribution in [0.15, 0.2) is 36.4 Å². The first-order valence-corrected chi connectivity index (χ1v) is 11.0. The lowest BCUT2D eigenvalue weighted by Crippen LogP contribution is -2.22. The van der Waals surface area contributed by atoms with Gasteiger partial charge in [0.15, 0.2) is 5.78 Å². The number of hydrogen-bond donors (Lipinski definition) is 2. The quantitative estimate of drug-likeness (QED) is 0.347. The number of hydrogen-bond acceptors (Lipinski definition) is 4. The average molecular weight is 424 g/mol. The second-order valence-electron chi connectivity index (χ2n) is 9.27. The largest absolute Gasteiger partial charge is 0.507 e. The van der Waals surface area contributed by atoms with Crippen LogP contribution in [-0.4, -0.2) is 25.0 Å². The van der Waals surface area contributed by atoms with Gasteiger partial charge in [-0.2, -0.15) is 0 Å². The number of methoxy groups -OCH3 is 1. The van der Waals surface area contributed by atoms with Gasteiger partial charge in [-0.3, -0.25) is 4.79 Å². The van der Waals surface area contributed by atoms with Gasteiger partial charge in [0, 0.05) is 29.4 Å². The highest BCUT2D eigenvalue weighted by Crippen LogP contribution is 2.46. The smallest absolute Gasteiger partial charge is 0.185 e. The molecule has 0 aliphatic carbocycles. The zero-order valence-corrected chi connectivity index (χ0v) is 20.2. The number of allylic oxidation sites excluding steroid dienone is 1. The van der Waals surface area contributed by atoms with E-state index in [0.717, 1.165) is 29.7 Å². The molecule has 0 heterocycles. The maximum Gasteiger partial charge on any atom is 0.185 e. The molecule has 0 saturated carbocycles. The molecule has 2 aromatic carbocycles. The maximum absolute atomic E-state index is 12.8. The van der Waals surface area contributed by atoms with Crippen LogP contribution in [-0.2, 0) is 10.8 Å². The molecule has 0 saturated heterocycles. The second-order valence-corrected chi connectivity index (χ2v) is 9.27. The normalized spacial score (nSPS) is 12.3. The molecule has 168 valence electrons. The number of carbonyl (C=O) groups is 1. The molecule has 0 unspecified atom stereocenters. The Kier molecular flexibility index (Phi) is 7.58. The third-order valence-electron chi connectivity index (χ3n) is 6.58. The van der Waals surface area contributed by atoms with Crippen LogP contribution in [0.4, 0.5) is 5.69 Å². The minimum Gasteiger partial charge on any atom is -0.507 e. The highest BCUT2D eigenvalue weighted by atomic mass is 16.5. The van der Waals surface area contributed by atoms with Gasteiger partial charge < -0.3 is 15.2 Å². The topological polar surface area (TPSA) is 58.6 Å². The number of benzene rings is 2. The molecule has 0 radical (unpaired) electrons. The number of aromatic hydroxyl groups is 1. The van der Waals surface area contributed by atoms with Crippen LogP contribution in [0.5, 0.6) is 11.5 Å². The van der Waals surface area contributed by atoms with Crippen molar-refractivity contribution in [3.05, 3.63) is 58.7 Å². The molecule has 2 rings (SSSR count). The fourth-order valence-corrected chi connectivity index (χ4v) is 3.51. The minimum absolute atomic E-state index is 0.124. The maximum atomic E-state index is 12.8. The first-order valence-electron chi connectivity index (χ1n) is 11.0. The van der Waals surface area contributed by atoms with Crippen molar-refractivity contribution in [2.75, 3.05) is 19.5 Å². The van der Waals surface area contributed by atoms with Crippen molar-refractivity contribution in [1.82, 2.24) is 0 Å². The average Bonchev–Trinajstić information content (AvgIpc) is 2.77. The van der Waals surface area contributed by atoms with Gasteiger partial charge in [0.25, 0.3) is 0 Å². The van der Waals surface area contributed by atoms with Crippen LogP contribution in [0, 0.1) is 0 Å². The lowest BCUT2D eigenvalue weighted by molar-refractivity contribution is 0.104. The number of nitrogens with one attached hydrogen (secondary N) is 1. The van der Waals surface area contributed by atoms with Gasteiger partial charge in [0.1, 0.15) is 11.5 Å². The minimum atomic E-state index is -0.218. The van der Waals surface area contributed by atoms with Crippen LogP contribution >= 0.6 is 0 Å². The molecular weight excluding hydrogens is 386 g/mol. The van der Waals surface area contributed by atoms with Crippen LogP contribution in [0.2, 0.25) is 0 Å². The Labute approximate surface area is 187 Å². The summed E-state index contributed by atoms with van der Waals surface area (Å²) in [6.07, 6.45) is 4.99. The van der Waals surface area contributed by atoms with E-state index in [4.69, 9.17) is 4.74 Å². The predicted molar refractivity (Wildman–Crippen MR) is 131 cm³/mol. The molecule has 0 bridgehead atoms. The number of phenolic OH excluding ortho intramolecular Hbond substituents is 1. The van der Waals surface area contributed by atoms with Gasteiger partial charge in [-0.05, 0) is 66.2 Å². The molecule has 0 aliphatic rings. The second kappa shape index (κ2) is 9.59. The summed E-state index contributed by atoms with van der Waals surface area (Å²) in [6.45, 7) is 12.9. The Hall–Kier alpha value is -2.75. The van der Waals surface area contributed by atoms with Crippen LogP contribution in [0.3, 0.4) is 0 Å². The Morgan fingerprint density at radius 3 is 2.06 bits per heavy atom. The molecule has 2 N–H and O–H groups in total. The van der Waals surface area contributed by atoms with E-state index in [1.54, 1.807) is 25.3 Å². The Morgan fingerprint density at radius 2 is 1.58 bits per heavy atom. The predicted octanol–water partition coefficient (Wildman–Crippen LogP) is 6.71. The van der Waals surface area contributed by atoms with Gasteiger partial charge in [0.05, 0.1) is 12.7 Å². The van der Waals surface area contributed by atoms with Gasteiger partial charge >= 0.3 is 0 Å². The first kappa shape index (κ1) is 24.5. The Morgan fingerprint density at radius 1 is 1.03 bits per heavy atom. The van der Waals surface area contributed by atoms with Crippen molar-refractivity contribution < 1.29 is 14.6 Å². The molecule has 2 aromatic rings. The fraction of sp³-hybridized carbons (Fsp3) is 0.444. The third kappa shape index (κ3) is 5.12. The number of carbonyl (C=O) groups excluding carboxylic acids is 1. The summed E-state index contributed by atoms with van der Waals surface area (Å²) >= 11 is 0. The third-order valence-corrected chi connectivity index (χ3v) is 6.58. The van der Waals surface area contributed by atoms with E-state index in [0.29, 0.717) is 16.9 Å². The van der Waals surface area contributed by atoms with Crippen LogP contribution in [0.1, 0.15) is 81.4 Å². The summed E-state index contributed by atoms with van der Waals surface area (Å²) in [4.78, 5) is 12.8. The number of phenols is 1. The summed E-state index contributed by atoms with van der Waals surface area (Å²) < 4.78 is 5.78. The molecule has 0 amide bonds. The molecular formula is C27H37NO3. The van der Waals surface area contributed by atoms with Gasteiger partial charge in [-0.1, -0.05) is 41.5 Å². The number of ketones is 1. The monoisotopic (exact) mass is 423 g/mol. The van der Waals surface area contributed by atoms with E-state index < -0.39 is 0 Å². The summed E-state index contributed by atoms with van der Waals surface area (Å²) in [7, 11) is 3.45. The van der Waals surface area contributed by atoms with Gasteiger partial charge in [-0.25, -0.2) is 0 Å². The van der Waals surface area contributed by atoms with E-state index in [9.17, 15) is 9.90 Å². The van der Waals surface area contributed by atoms with Crippen molar-refractivity contribution in [3.8, 4) is 11.5 Å². The van der Waals surface area contributed by atoms with E-state index >= 15 is 0 Å². The summed E-state index contributed by atoms with van der Waals surface area (Å²) in [6, 6.07) is 9.39. The van der Waals surface area contributed by atoms with Crippen LogP contribution < -0.4 is 10.1 Å². The molecule has 0 atom stereocenters. The standard InChI is InChI=1S/C27H37NO3/c1-9-26(3,4)21-17-22(27(5,6)10-2)25(31-8)20(24(21)30)15-16-23(29)18-11-13-19(28-7)14-12-18/h11-17,28,30H,9-10H2,1-8H3. The van der Waals surface area contributed by atoms with Crippen molar-refractivity contribution in [3.63, 3.8) is 0 Å². The molecule has 4 nitrogen and oxygen atoms in total. The molecule has 31 heavy (non-hydrogen) atoms. The molecule has 0 aromatic heterocycles. The lowest BCUT2D eigenvalue weighted by atomic mass is 9.74. The number of rotatable bonds is 9. The zero-order valence-electron chi connectivity index (χ0n) is 20.2. The Balaban J connectivity index is 2.65. The number of anilines is 1. The fourth-order valence-electron chi connectivity index (χ4n) is 3.51. The summed E-state index contributed by atoms with van der Waals surface area (Å²) in [5.41, 5.74) is 3.64. The van der Waals surface area contributed by atoms with Crippen LogP contribution in [0.25, 0.3) is 6.08 Å². The lowest BCUT2D eigenvalue weighted by Gasteiger charge is -2.32. The van der Waals surface area contributed by atoms with Gasteiger partial charge in [0.2, 0.25) is 0 Å². The van der Waals surface area contributed by atoms with E-state index in [-0.39, 0.29) is 22.4 Å². The van der Waals surface area contributed by atoms with Crippen molar-refractivity contribution in [2.45, 2.75) is 65.2 Å². The first-order chi connectivity index (χ1) is 14.5. The zero-order chi connectivity index (χ0) is 23.4. The highest BCUT2D eigenvalue weighted by Gasteiger charge is 2.31. The molecule has 4 heteroatoms. The number of ether oxygens (including phenoxy) is 1. The molecule has 0 aliphatic heterocycles. The van der Waals surface area contributed by atoms with E-state index in [1.165, 1.54) is 6.08 Å². The Bertz CT molecular complexity index is 953. The molecule has 0 fully saturated rings. The van der Waals surface area contributed by atoms with Crippen molar-refractivity contribution >= 4 is 17.5 Å². The summed E-state index contributed by atoms with van der Waals surface area (Å²) in [5, 5.41) is 14.3. The van der Waals surface area contributed by atoms with E-state index in [1.807, 2.05) is 19.2 Å². The van der Waals surface area contributed by atoms with Crippen molar-refractivity contribution in [1.29, 1.82) is 0 Å². The molecule has 0 spiro atoms. The van der Waals surface area contributed by atoms with Crippen molar-refractivity contribution in [2.24, 2.45) is 0 Å². The summed E-state index contributed by atoms with van der Waals surface area (Å²) in [5.74, 6) is 0.670. The van der Waals surface area contributed by atoms with E-state index in [2.05, 4.69) is 52.9 Å². The highest BCUT2D eigenvalue weighted by molar-refractivity contribution is 6.07.